The molecule has 0 heterocycles. The maximum Gasteiger partial charge on any atom is 0.0800 e. The van der Waals surface area contributed by atoms with Gasteiger partial charge in [-0.05, 0) is 18.4 Å². The lowest BCUT2D eigenvalue weighted by Gasteiger charge is -2.28. The Bertz CT molecular complexity index is 136. The smallest absolute Gasteiger partial charge is 0.0800 e. The SMILES string of the molecule is CCSC(SCC)[C@H](O)[C@H](C)[C@@H](C)O. The molecule has 0 radical (unpaired) electrons. The van der Waals surface area contributed by atoms with Gasteiger partial charge in [-0.25, -0.2) is 0 Å². The lowest BCUT2D eigenvalue weighted by atomic mass is 10.0. The monoisotopic (exact) mass is 238 g/mol. The van der Waals surface area contributed by atoms with Gasteiger partial charge in [0.2, 0.25) is 0 Å². The van der Waals surface area contributed by atoms with Crippen LogP contribution in [0.2, 0.25) is 0 Å². The summed E-state index contributed by atoms with van der Waals surface area (Å²) < 4.78 is 0.189. The molecule has 0 aliphatic carbocycles. The van der Waals surface area contributed by atoms with Gasteiger partial charge in [-0.2, -0.15) is 0 Å². The third-order valence-corrected chi connectivity index (χ3v) is 4.94. The molecule has 4 heteroatoms. The Morgan fingerprint density at radius 3 is 1.71 bits per heavy atom. The Hall–Kier alpha value is 0.620. The van der Waals surface area contributed by atoms with Gasteiger partial charge in [0, 0.05) is 5.92 Å². The highest BCUT2D eigenvalue weighted by Gasteiger charge is 2.27. The van der Waals surface area contributed by atoms with Crippen molar-refractivity contribution in [2.75, 3.05) is 11.5 Å². The molecule has 0 bridgehead atoms. The van der Waals surface area contributed by atoms with Crippen LogP contribution in [0.4, 0.5) is 0 Å². The molecular formula is C10H22O2S2. The van der Waals surface area contributed by atoms with E-state index in [0.29, 0.717) is 0 Å². The predicted molar refractivity (Wildman–Crippen MR) is 66.9 cm³/mol. The Kier molecular flexibility index (Phi) is 8.20. The van der Waals surface area contributed by atoms with Gasteiger partial charge in [-0.1, -0.05) is 20.8 Å². The molecule has 0 aromatic heterocycles. The van der Waals surface area contributed by atoms with Crippen LogP contribution in [0.25, 0.3) is 0 Å². The minimum atomic E-state index is -0.442. The summed E-state index contributed by atoms with van der Waals surface area (Å²) in [4.78, 5) is 0. The topological polar surface area (TPSA) is 40.5 Å². The molecule has 14 heavy (non-hydrogen) atoms. The van der Waals surface area contributed by atoms with Gasteiger partial charge >= 0.3 is 0 Å². The molecule has 0 saturated heterocycles. The fourth-order valence-corrected chi connectivity index (χ4v) is 3.86. The van der Waals surface area contributed by atoms with E-state index in [1.807, 2.05) is 6.92 Å². The van der Waals surface area contributed by atoms with E-state index in [9.17, 15) is 10.2 Å². The molecule has 0 amide bonds. The zero-order valence-electron chi connectivity index (χ0n) is 9.43. The molecule has 0 unspecified atom stereocenters. The van der Waals surface area contributed by atoms with Crippen LogP contribution in [0.15, 0.2) is 0 Å². The first-order valence-corrected chi connectivity index (χ1v) is 7.23. The van der Waals surface area contributed by atoms with Crippen LogP contribution in [-0.4, -0.2) is 38.5 Å². The molecule has 0 aliphatic rings. The van der Waals surface area contributed by atoms with E-state index in [-0.39, 0.29) is 10.5 Å². The van der Waals surface area contributed by atoms with Crippen LogP contribution < -0.4 is 0 Å². The Morgan fingerprint density at radius 2 is 1.43 bits per heavy atom. The molecule has 0 fully saturated rings. The van der Waals surface area contributed by atoms with Gasteiger partial charge in [0.25, 0.3) is 0 Å². The van der Waals surface area contributed by atoms with E-state index in [1.54, 1.807) is 30.4 Å². The second kappa shape index (κ2) is 7.85. The summed E-state index contributed by atoms with van der Waals surface area (Å²) in [5.74, 6) is 1.95. The lowest BCUT2D eigenvalue weighted by molar-refractivity contribution is 0.0407. The molecule has 0 saturated carbocycles. The second-order valence-electron chi connectivity index (χ2n) is 3.37. The first-order chi connectivity index (χ1) is 6.54. The van der Waals surface area contributed by atoms with Crippen molar-refractivity contribution in [3.8, 4) is 0 Å². The zero-order chi connectivity index (χ0) is 11.1. The van der Waals surface area contributed by atoms with Gasteiger partial charge in [0.05, 0.1) is 16.8 Å². The first-order valence-electron chi connectivity index (χ1n) is 5.13. The molecule has 0 aliphatic heterocycles. The highest BCUT2D eigenvalue weighted by molar-refractivity contribution is 8.17. The van der Waals surface area contributed by atoms with E-state index in [1.165, 1.54) is 0 Å². The van der Waals surface area contributed by atoms with Crippen molar-refractivity contribution in [1.82, 2.24) is 0 Å². The third-order valence-electron chi connectivity index (χ3n) is 2.24. The Morgan fingerprint density at radius 1 is 1.00 bits per heavy atom. The van der Waals surface area contributed by atoms with E-state index >= 15 is 0 Å². The van der Waals surface area contributed by atoms with Crippen molar-refractivity contribution in [1.29, 1.82) is 0 Å². The molecule has 3 atom stereocenters. The van der Waals surface area contributed by atoms with Gasteiger partial charge in [-0.15, -0.1) is 23.5 Å². The van der Waals surface area contributed by atoms with E-state index in [2.05, 4.69) is 13.8 Å². The van der Waals surface area contributed by atoms with Gasteiger partial charge in [0.15, 0.2) is 0 Å². The molecule has 0 spiro atoms. The largest absolute Gasteiger partial charge is 0.393 e. The maximum atomic E-state index is 10.0. The summed E-state index contributed by atoms with van der Waals surface area (Å²) in [5.41, 5.74) is 0. The van der Waals surface area contributed by atoms with Crippen molar-refractivity contribution in [3.63, 3.8) is 0 Å². The van der Waals surface area contributed by atoms with Crippen LogP contribution in [0.1, 0.15) is 27.7 Å². The highest BCUT2D eigenvalue weighted by Crippen LogP contribution is 2.30. The molecule has 2 N–H and O–H groups in total. The van der Waals surface area contributed by atoms with Gasteiger partial charge < -0.3 is 10.2 Å². The number of thioether (sulfide) groups is 2. The van der Waals surface area contributed by atoms with Crippen LogP contribution in [0.5, 0.6) is 0 Å². The van der Waals surface area contributed by atoms with Crippen molar-refractivity contribution in [2.24, 2.45) is 5.92 Å². The molecule has 0 aromatic rings. The summed E-state index contributed by atoms with van der Waals surface area (Å²) in [7, 11) is 0. The molecule has 0 aromatic carbocycles. The van der Waals surface area contributed by atoms with E-state index in [0.717, 1.165) is 11.5 Å². The number of hydrogen-bond donors (Lipinski definition) is 2. The van der Waals surface area contributed by atoms with Crippen LogP contribution in [-0.2, 0) is 0 Å². The summed E-state index contributed by atoms with van der Waals surface area (Å²) >= 11 is 3.51. The van der Waals surface area contributed by atoms with E-state index in [4.69, 9.17) is 0 Å². The van der Waals surface area contributed by atoms with E-state index < -0.39 is 12.2 Å². The van der Waals surface area contributed by atoms with Crippen LogP contribution in [0, 0.1) is 5.92 Å². The summed E-state index contributed by atoms with van der Waals surface area (Å²) in [5, 5.41) is 19.4. The van der Waals surface area contributed by atoms with Crippen molar-refractivity contribution < 1.29 is 10.2 Å². The number of rotatable bonds is 7. The summed E-state index contributed by atoms with van der Waals surface area (Å²) in [6.45, 7) is 7.81. The minimum Gasteiger partial charge on any atom is -0.393 e. The van der Waals surface area contributed by atoms with Crippen LogP contribution >= 0.6 is 23.5 Å². The standard InChI is InChI=1S/C10H22O2S2/c1-5-13-10(14-6-2)9(12)7(3)8(4)11/h7-12H,5-6H2,1-4H3/t7-,8-,9-/m1/s1. The molecule has 2 nitrogen and oxygen atoms in total. The highest BCUT2D eigenvalue weighted by atomic mass is 32.2. The number of aliphatic hydroxyl groups excluding tert-OH is 2. The summed E-state index contributed by atoms with van der Waals surface area (Å²) in [6, 6.07) is 0. The fraction of sp³-hybridized carbons (Fsp3) is 1.00. The average Bonchev–Trinajstić information content (AvgIpc) is 2.15. The Balaban J connectivity index is 4.18. The second-order valence-corrected chi connectivity index (χ2v) is 6.50. The Labute approximate surface area is 95.9 Å². The lowest BCUT2D eigenvalue weighted by Crippen LogP contribution is -2.34. The minimum absolute atomic E-state index is 0.0573. The normalized spacial score (nSPS) is 18.2. The van der Waals surface area contributed by atoms with Crippen molar-refractivity contribution in [2.45, 2.75) is 44.5 Å². The van der Waals surface area contributed by atoms with Crippen molar-refractivity contribution >= 4 is 23.5 Å². The van der Waals surface area contributed by atoms with Crippen LogP contribution in [0.3, 0.4) is 0 Å². The molecule has 86 valence electrons. The third kappa shape index (κ3) is 4.91. The predicted octanol–water partition coefficient (Wildman–Crippen LogP) is 2.20. The maximum absolute atomic E-state index is 10.0. The molecular weight excluding hydrogens is 216 g/mol. The average molecular weight is 238 g/mol. The van der Waals surface area contributed by atoms with Gasteiger partial charge in [0.1, 0.15) is 0 Å². The molecule has 0 rings (SSSR count). The first kappa shape index (κ1) is 14.6. The van der Waals surface area contributed by atoms with Gasteiger partial charge in [-0.3, -0.25) is 0 Å². The quantitative estimate of drug-likeness (QED) is 0.667. The van der Waals surface area contributed by atoms with Crippen molar-refractivity contribution in [3.05, 3.63) is 0 Å². The zero-order valence-corrected chi connectivity index (χ0v) is 11.1. The summed E-state index contributed by atoms with van der Waals surface area (Å²) in [6.07, 6.45) is -0.868. The number of aliphatic hydroxyl groups is 2. The fourth-order valence-electron chi connectivity index (χ4n) is 1.11. The number of hydrogen-bond acceptors (Lipinski definition) is 4.